The second-order valence-corrected chi connectivity index (χ2v) is 6.59. The van der Waals surface area contributed by atoms with Gasteiger partial charge in [-0.05, 0) is 37.2 Å². The normalized spacial score (nSPS) is 15.9. The van der Waals surface area contributed by atoms with Crippen LogP contribution in [-0.2, 0) is 4.79 Å². The number of hydrogen-bond donors (Lipinski definition) is 2. The lowest BCUT2D eigenvalue weighted by Gasteiger charge is -2.09. The maximum absolute atomic E-state index is 12.6. The van der Waals surface area contributed by atoms with Gasteiger partial charge in [-0.2, -0.15) is 0 Å². The first-order chi connectivity index (χ1) is 12.1. The predicted octanol–water partition coefficient (Wildman–Crippen LogP) is 3.29. The Labute approximate surface area is 151 Å². The fraction of sp³-hybridized carbons (Fsp3) is 0.444. The van der Waals surface area contributed by atoms with E-state index < -0.39 is 6.04 Å². The Morgan fingerprint density at radius 2 is 2.16 bits per heavy atom. The molecule has 0 saturated carbocycles. The standard InChI is InChI=1S/C18H22N4O2S/c1-2-3-6-11-19-15(23)10-9-14-17(24)22-16(20-14)12-7-4-5-8-13(12)21-18(22)25/h4-5,7-8,14,20H,2-3,6,9-11H2,1H3,(H,19,23). The van der Waals surface area contributed by atoms with Gasteiger partial charge in [-0.15, -0.1) is 0 Å². The van der Waals surface area contributed by atoms with Crippen molar-refractivity contribution in [1.82, 2.24) is 14.9 Å². The molecule has 6 nitrogen and oxygen atoms in total. The molecular formula is C18H22N4O2S. The van der Waals surface area contributed by atoms with Gasteiger partial charge in [0, 0.05) is 18.4 Å². The number of nitrogens with one attached hydrogen (secondary N) is 2. The van der Waals surface area contributed by atoms with Crippen molar-refractivity contribution >= 4 is 40.8 Å². The molecule has 0 fully saturated rings. The molecule has 0 spiro atoms. The van der Waals surface area contributed by atoms with Crippen LogP contribution < -0.4 is 10.6 Å². The number of anilines is 1. The minimum atomic E-state index is -0.448. The van der Waals surface area contributed by atoms with Gasteiger partial charge in [0.2, 0.25) is 10.7 Å². The zero-order chi connectivity index (χ0) is 17.8. The molecule has 25 heavy (non-hydrogen) atoms. The molecular weight excluding hydrogens is 336 g/mol. The molecule has 0 radical (unpaired) electrons. The average molecular weight is 358 g/mol. The maximum Gasteiger partial charge on any atom is 0.257 e. The Morgan fingerprint density at radius 3 is 2.96 bits per heavy atom. The Morgan fingerprint density at radius 1 is 1.36 bits per heavy atom. The number of fused-ring (bicyclic) bond motifs is 3. The van der Waals surface area contributed by atoms with E-state index in [1.807, 2.05) is 24.3 Å². The molecule has 1 aromatic carbocycles. The fourth-order valence-corrected chi connectivity index (χ4v) is 3.31. The van der Waals surface area contributed by atoms with E-state index >= 15 is 0 Å². The van der Waals surface area contributed by atoms with Gasteiger partial charge in [-0.3, -0.25) is 9.59 Å². The number of aromatic nitrogens is 2. The van der Waals surface area contributed by atoms with Crippen LogP contribution in [-0.4, -0.2) is 34.0 Å². The van der Waals surface area contributed by atoms with Crippen LogP contribution in [0.25, 0.3) is 10.9 Å². The number of nitrogens with zero attached hydrogens (tertiary/aromatic N) is 2. The second-order valence-electron chi connectivity index (χ2n) is 6.23. The molecule has 2 heterocycles. The number of carbonyl (C=O) groups excluding carboxylic acids is 2. The Bertz CT molecular complexity index is 862. The van der Waals surface area contributed by atoms with Crippen molar-refractivity contribution in [2.24, 2.45) is 0 Å². The summed E-state index contributed by atoms with van der Waals surface area (Å²) in [5.74, 6) is 0.513. The Kier molecular flexibility index (Phi) is 5.43. The van der Waals surface area contributed by atoms with Crippen LogP contribution in [0.1, 0.15) is 43.8 Å². The van der Waals surface area contributed by atoms with Crippen LogP contribution in [0.2, 0.25) is 0 Å². The third-order valence-electron chi connectivity index (χ3n) is 4.38. The van der Waals surface area contributed by atoms with E-state index in [2.05, 4.69) is 22.5 Å². The van der Waals surface area contributed by atoms with Gasteiger partial charge >= 0.3 is 0 Å². The first-order valence-electron chi connectivity index (χ1n) is 8.71. The minimum Gasteiger partial charge on any atom is -0.359 e. The van der Waals surface area contributed by atoms with Gasteiger partial charge in [-0.1, -0.05) is 31.9 Å². The van der Waals surface area contributed by atoms with Crippen LogP contribution in [0.3, 0.4) is 0 Å². The third kappa shape index (κ3) is 3.71. The van der Waals surface area contributed by atoms with E-state index in [9.17, 15) is 9.59 Å². The predicted molar refractivity (Wildman–Crippen MR) is 100 cm³/mol. The largest absolute Gasteiger partial charge is 0.359 e. The maximum atomic E-state index is 12.6. The summed E-state index contributed by atoms with van der Waals surface area (Å²) >= 11 is 5.27. The van der Waals surface area contributed by atoms with Gasteiger partial charge in [0.25, 0.3) is 5.91 Å². The second kappa shape index (κ2) is 7.74. The lowest BCUT2D eigenvalue weighted by molar-refractivity contribution is -0.121. The number of carbonyl (C=O) groups is 2. The molecule has 132 valence electrons. The molecule has 1 aromatic heterocycles. The first kappa shape index (κ1) is 17.5. The quantitative estimate of drug-likeness (QED) is 0.587. The molecule has 1 amide bonds. The van der Waals surface area contributed by atoms with Crippen LogP contribution in [0.4, 0.5) is 5.82 Å². The van der Waals surface area contributed by atoms with Crippen LogP contribution in [0.5, 0.6) is 0 Å². The number of hydrogen-bond acceptors (Lipinski definition) is 5. The number of rotatable bonds is 7. The van der Waals surface area contributed by atoms with Crippen molar-refractivity contribution in [3.63, 3.8) is 0 Å². The summed E-state index contributed by atoms with van der Waals surface area (Å²) in [6.07, 6.45) is 3.96. The van der Waals surface area contributed by atoms with Crippen LogP contribution in [0, 0.1) is 4.77 Å². The molecule has 3 rings (SSSR count). The van der Waals surface area contributed by atoms with E-state index in [0.29, 0.717) is 25.2 Å². The van der Waals surface area contributed by atoms with Crippen molar-refractivity contribution in [2.75, 3.05) is 11.9 Å². The summed E-state index contributed by atoms with van der Waals surface area (Å²) in [6, 6.07) is 7.12. The SMILES string of the molecule is CCCCCNC(=O)CCC1Nc2c3ccccc3nc(=S)n2C1=O. The highest BCUT2D eigenvalue weighted by Crippen LogP contribution is 2.28. The summed E-state index contributed by atoms with van der Waals surface area (Å²) in [4.78, 5) is 28.9. The van der Waals surface area contributed by atoms with E-state index in [4.69, 9.17) is 12.2 Å². The monoisotopic (exact) mass is 358 g/mol. The van der Waals surface area contributed by atoms with Crippen molar-refractivity contribution in [3.8, 4) is 0 Å². The molecule has 1 atom stereocenters. The number of benzene rings is 1. The first-order valence-corrected chi connectivity index (χ1v) is 9.12. The molecule has 0 bridgehead atoms. The smallest absolute Gasteiger partial charge is 0.257 e. The Hall–Kier alpha value is -2.28. The molecule has 2 aromatic rings. The molecule has 1 aliphatic rings. The van der Waals surface area contributed by atoms with Gasteiger partial charge < -0.3 is 10.6 Å². The van der Waals surface area contributed by atoms with Gasteiger partial charge in [-0.25, -0.2) is 9.55 Å². The molecule has 0 aliphatic carbocycles. The van der Waals surface area contributed by atoms with E-state index in [-0.39, 0.29) is 16.6 Å². The van der Waals surface area contributed by atoms with Gasteiger partial charge in [0.05, 0.1) is 5.52 Å². The van der Waals surface area contributed by atoms with E-state index in [0.717, 1.165) is 30.2 Å². The number of unbranched alkanes of at least 4 members (excludes halogenated alkanes) is 2. The fourth-order valence-electron chi connectivity index (χ4n) is 3.03. The summed E-state index contributed by atoms with van der Waals surface area (Å²) in [6.45, 7) is 2.82. The van der Waals surface area contributed by atoms with Crippen molar-refractivity contribution < 1.29 is 9.59 Å². The van der Waals surface area contributed by atoms with Crippen molar-refractivity contribution in [3.05, 3.63) is 29.0 Å². The zero-order valence-corrected chi connectivity index (χ0v) is 15.1. The lowest BCUT2D eigenvalue weighted by Crippen LogP contribution is -2.29. The van der Waals surface area contributed by atoms with Crippen molar-refractivity contribution in [2.45, 2.75) is 45.1 Å². The Balaban J connectivity index is 1.67. The highest BCUT2D eigenvalue weighted by atomic mass is 32.1. The third-order valence-corrected chi connectivity index (χ3v) is 4.66. The molecule has 0 saturated heterocycles. The summed E-state index contributed by atoms with van der Waals surface area (Å²) < 4.78 is 1.69. The van der Waals surface area contributed by atoms with E-state index in [1.165, 1.54) is 4.57 Å². The molecule has 2 N–H and O–H groups in total. The summed E-state index contributed by atoms with van der Waals surface area (Å²) in [5.41, 5.74) is 0.758. The zero-order valence-electron chi connectivity index (χ0n) is 14.2. The molecule has 1 aliphatic heterocycles. The highest BCUT2D eigenvalue weighted by Gasteiger charge is 2.31. The average Bonchev–Trinajstić information content (AvgIpc) is 2.94. The van der Waals surface area contributed by atoms with Crippen molar-refractivity contribution in [1.29, 1.82) is 0 Å². The van der Waals surface area contributed by atoms with E-state index in [1.54, 1.807) is 0 Å². The highest BCUT2D eigenvalue weighted by molar-refractivity contribution is 7.71. The topological polar surface area (TPSA) is 76.0 Å². The number of para-hydroxylation sites is 1. The lowest BCUT2D eigenvalue weighted by atomic mass is 10.1. The van der Waals surface area contributed by atoms with Crippen LogP contribution >= 0.6 is 12.2 Å². The van der Waals surface area contributed by atoms with Crippen LogP contribution in [0.15, 0.2) is 24.3 Å². The summed E-state index contributed by atoms with van der Waals surface area (Å²) in [7, 11) is 0. The number of amides is 1. The molecule has 7 heteroatoms. The minimum absolute atomic E-state index is 0.0201. The van der Waals surface area contributed by atoms with Gasteiger partial charge in [0.1, 0.15) is 11.9 Å². The van der Waals surface area contributed by atoms with Gasteiger partial charge in [0.15, 0.2) is 0 Å². The summed E-state index contributed by atoms with van der Waals surface area (Å²) in [5, 5.41) is 6.98. The molecule has 1 unspecified atom stereocenters.